The van der Waals surface area contributed by atoms with Gasteiger partial charge in [-0.2, -0.15) is 0 Å². The van der Waals surface area contributed by atoms with E-state index >= 15 is 0 Å². The van der Waals surface area contributed by atoms with Gasteiger partial charge in [-0.1, -0.05) is 31.2 Å². The number of aryl methyl sites for hydroxylation is 1. The van der Waals surface area contributed by atoms with E-state index in [9.17, 15) is 4.79 Å². The van der Waals surface area contributed by atoms with E-state index < -0.39 is 0 Å². The van der Waals surface area contributed by atoms with Crippen LogP contribution in [0.25, 0.3) is 0 Å². The SMILES string of the molecule is C[C@@H]1CN(C(=O)C[C@@H]2CCCc3ccccc32)C[C@H]1N1CCOCC1. The van der Waals surface area contributed by atoms with E-state index in [0.717, 1.165) is 45.8 Å². The maximum absolute atomic E-state index is 13.0. The van der Waals surface area contributed by atoms with Crippen LogP contribution >= 0.6 is 0 Å². The largest absolute Gasteiger partial charge is 0.379 e. The van der Waals surface area contributed by atoms with Crippen LogP contribution in [0.1, 0.15) is 43.2 Å². The van der Waals surface area contributed by atoms with Crippen LogP contribution in [0.5, 0.6) is 0 Å². The number of rotatable bonds is 3. The molecule has 0 aromatic heterocycles. The summed E-state index contributed by atoms with van der Waals surface area (Å²) in [5, 5.41) is 0. The van der Waals surface area contributed by atoms with E-state index in [1.807, 2.05) is 0 Å². The van der Waals surface area contributed by atoms with E-state index in [2.05, 4.69) is 41.0 Å². The molecule has 1 aromatic rings. The van der Waals surface area contributed by atoms with Crippen molar-refractivity contribution in [2.45, 2.75) is 44.6 Å². The van der Waals surface area contributed by atoms with Crippen molar-refractivity contribution in [1.82, 2.24) is 9.80 Å². The van der Waals surface area contributed by atoms with Crippen LogP contribution in [0, 0.1) is 5.92 Å². The van der Waals surface area contributed by atoms with Crippen molar-refractivity contribution in [2.24, 2.45) is 5.92 Å². The number of nitrogens with zero attached hydrogens (tertiary/aromatic N) is 2. The standard InChI is InChI=1S/C21H30N2O2/c1-16-14-23(15-20(16)22-9-11-25-12-10-22)21(24)13-18-7-4-6-17-5-2-3-8-19(17)18/h2-3,5,8,16,18,20H,4,6-7,9-15H2,1H3/t16-,18+,20-/m1/s1. The van der Waals surface area contributed by atoms with Gasteiger partial charge in [-0.3, -0.25) is 9.69 Å². The molecule has 1 aromatic carbocycles. The molecule has 0 radical (unpaired) electrons. The minimum absolute atomic E-state index is 0.351. The molecular formula is C21H30N2O2. The van der Waals surface area contributed by atoms with Crippen molar-refractivity contribution < 1.29 is 9.53 Å². The summed E-state index contributed by atoms with van der Waals surface area (Å²) in [4.78, 5) is 17.6. The Morgan fingerprint density at radius 2 is 2.00 bits per heavy atom. The summed E-state index contributed by atoms with van der Waals surface area (Å²) < 4.78 is 5.48. The van der Waals surface area contributed by atoms with Crippen LogP contribution in [0.3, 0.4) is 0 Å². The Bertz CT molecular complexity index is 612. The van der Waals surface area contributed by atoms with Gasteiger partial charge in [-0.25, -0.2) is 0 Å². The van der Waals surface area contributed by atoms with Crippen LogP contribution in [0.4, 0.5) is 0 Å². The number of carbonyl (C=O) groups is 1. The lowest BCUT2D eigenvalue weighted by Gasteiger charge is -2.34. The Labute approximate surface area is 151 Å². The zero-order valence-corrected chi connectivity index (χ0v) is 15.3. The summed E-state index contributed by atoms with van der Waals surface area (Å²) in [5.74, 6) is 1.32. The maximum Gasteiger partial charge on any atom is 0.223 e. The predicted octanol–water partition coefficient (Wildman–Crippen LogP) is 2.68. The van der Waals surface area contributed by atoms with Crippen LogP contribution in [0.15, 0.2) is 24.3 Å². The third-order valence-electron chi connectivity index (χ3n) is 6.35. The fourth-order valence-corrected chi connectivity index (χ4v) is 4.94. The summed E-state index contributed by atoms with van der Waals surface area (Å²) >= 11 is 0. The molecule has 2 heterocycles. The van der Waals surface area contributed by atoms with Crippen LogP contribution in [-0.2, 0) is 16.0 Å². The van der Waals surface area contributed by atoms with Gasteiger partial charge in [0, 0.05) is 38.6 Å². The van der Waals surface area contributed by atoms with Crippen LogP contribution in [0.2, 0.25) is 0 Å². The second-order valence-electron chi connectivity index (χ2n) is 7.98. The zero-order chi connectivity index (χ0) is 17.2. The van der Waals surface area contributed by atoms with Gasteiger partial charge in [0.05, 0.1) is 13.2 Å². The lowest BCUT2D eigenvalue weighted by Crippen LogP contribution is -2.47. The van der Waals surface area contributed by atoms with E-state index in [-0.39, 0.29) is 0 Å². The number of ether oxygens (including phenoxy) is 1. The van der Waals surface area contributed by atoms with Gasteiger partial charge >= 0.3 is 0 Å². The normalized spacial score (nSPS) is 30.3. The van der Waals surface area contributed by atoms with Gasteiger partial charge in [-0.05, 0) is 42.2 Å². The van der Waals surface area contributed by atoms with Gasteiger partial charge in [0.2, 0.25) is 5.91 Å². The molecule has 0 saturated carbocycles. The molecule has 3 aliphatic rings. The number of hydrogen-bond donors (Lipinski definition) is 0. The zero-order valence-electron chi connectivity index (χ0n) is 15.3. The molecule has 4 rings (SSSR count). The maximum atomic E-state index is 13.0. The molecule has 2 aliphatic heterocycles. The Morgan fingerprint density at radius 1 is 1.20 bits per heavy atom. The molecule has 25 heavy (non-hydrogen) atoms. The third-order valence-corrected chi connectivity index (χ3v) is 6.35. The molecule has 0 spiro atoms. The number of carbonyl (C=O) groups excluding carboxylic acids is 1. The lowest BCUT2D eigenvalue weighted by molar-refractivity contribution is -0.131. The molecule has 2 saturated heterocycles. The first-order chi connectivity index (χ1) is 12.2. The van der Waals surface area contributed by atoms with Gasteiger partial charge in [0.25, 0.3) is 0 Å². The summed E-state index contributed by atoms with van der Waals surface area (Å²) in [6.45, 7) is 7.78. The molecule has 0 bridgehead atoms. The van der Waals surface area contributed by atoms with Crippen molar-refractivity contribution in [3.05, 3.63) is 35.4 Å². The fourth-order valence-electron chi connectivity index (χ4n) is 4.94. The molecule has 0 N–H and O–H groups in total. The van der Waals surface area contributed by atoms with Crippen molar-refractivity contribution >= 4 is 5.91 Å². The van der Waals surface area contributed by atoms with Crippen molar-refractivity contribution in [1.29, 1.82) is 0 Å². The number of hydrogen-bond acceptors (Lipinski definition) is 3. The number of benzene rings is 1. The van der Waals surface area contributed by atoms with Crippen molar-refractivity contribution in [2.75, 3.05) is 39.4 Å². The lowest BCUT2D eigenvalue weighted by atomic mass is 9.81. The molecule has 3 atom stereocenters. The molecule has 4 nitrogen and oxygen atoms in total. The quantitative estimate of drug-likeness (QED) is 0.847. The number of fused-ring (bicyclic) bond motifs is 1. The minimum Gasteiger partial charge on any atom is -0.379 e. The Balaban J connectivity index is 1.39. The smallest absolute Gasteiger partial charge is 0.223 e. The number of morpholine rings is 1. The highest BCUT2D eigenvalue weighted by atomic mass is 16.5. The summed E-state index contributed by atoms with van der Waals surface area (Å²) in [6.07, 6.45) is 4.21. The average molecular weight is 342 g/mol. The predicted molar refractivity (Wildman–Crippen MR) is 98.7 cm³/mol. The van der Waals surface area contributed by atoms with Crippen molar-refractivity contribution in [3.63, 3.8) is 0 Å². The Hall–Kier alpha value is -1.39. The molecule has 136 valence electrons. The molecular weight excluding hydrogens is 312 g/mol. The fraction of sp³-hybridized carbons (Fsp3) is 0.667. The Kier molecular flexibility index (Phi) is 5.09. The van der Waals surface area contributed by atoms with Crippen LogP contribution in [-0.4, -0.2) is 61.1 Å². The molecule has 2 fully saturated rings. The average Bonchev–Trinajstić information content (AvgIpc) is 3.05. The van der Waals surface area contributed by atoms with Gasteiger partial charge in [0.1, 0.15) is 0 Å². The third kappa shape index (κ3) is 3.61. The first kappa shape index (κ1) is 17.0. The number of likely N-dealkylation sites (tertiary alicyclic amines) is 1. The highest BCUT2D eigenvalue weighted by Gasteiger charge is 2.37. The van der Waals surface area contributed by atoms with Gasteiger partial charge in [-0.15, -0.1) is 0 Å². The first-order valence-corrected chi connectivity index (χ1v) is 9.90. The highest BCUT2D eigenvalue weighted by Crippen LogP contribution is 2.35. The molecule has 4 heteroatoms. The summed E-state index contributed by atoms with van der Waals surface area (Å²) in [6, 6.07) is 9.21. The first-order valence-electron chi connectivity index (χ1n) is 9.90. The molecule has 0 unspecified atom stereocenters. The number of amides is 1. The van der Waals surface area contributed by atoms with Gasteiger partial charge < -0.3 is 9.64 Å². The van der Waals surface area contributed by atoms with Gasteiger partial charge in [0.15, 0.2) is 0 Å². The topological polar surface area (TPSA) is 32.8 Å². The van der Waals surface area contributed by atoms with E-state index in [1.54, 1.807) is 0 Å². The second-order valence-corrected chi connectivity index (χ2v) is 7.98. The summed E-state index contributed by atoms with van der Waals surface area (Å²) in [7, 11) is 0. The van der Waals surface area contributed by atoms with E-state index in [4.69, 9.17) is 4.74 Å². The van der Waals surface area contributed by atoms with Crippen LogP contribution < -0.4 is 0 Å². The Morgan fingerprint density at radius 3 is 2.84 bits per heavy atom. The molecule has 1 aliphatic carbocycles. The van der Waals surface area contributed by atoms with Crippen molar-refractivity contribution in [3.8, 4) is 0 Å². The molecule has 1 amide bonds. The highest BCUT2D eigenvalue weighted by molar-refractivity contribution is 5.77. The van der Waals surface area contributed by atoms with E-state index in [0.29, 0.717) is 30.2 Å². The second kappa shape index (κ2) is 7.46. The van der Waals surface area contributed by atoms with E-state index in [1.165, 1.54) is 24.0 Å². The minimum atomic E-state index is 0.351. The monoisotopic (exact) mass is 342 g/mol. The summed E-state index contributed by atoms with van der Waals surface area (Å²) in [5.41, 5.74) is 2.87.